The van der Waals surface area contributed by atoms with Crippen molar-refractivity contribution in [2.45, 2.75) is 32.1 Å². The van der Waals surface area contributed by atoms with Crippen LogP contribution in [0.1, 0.15) is 37.8 Å². The Hall–Kier alpha value is -6.64. The topological polar surface area (TPSA) is 16.4 Å². The first-order valence-electron chi connectivity index (χ1n) is 19.4. The van der Waals surface area contributed by atoms with E-state index in [0.29, 0.717) is 0 Å². The van der Waals surface area contributed by atoms with Gasteiger partial charge in [-0.3, -0.25) is 0 Å². The molecule has 2 aliphatic carbocycles. The van der Waals surface area contributed by atoms with E-state index in [-0.39, 0.29) is 5.41 Å². The second-order valence-corrected chi connectivity index (χ2v) is 15.6. The highest BCUT2D eigenvalue weighted by molar-refractivity contribution is 6.22. The molecule has 0 saturated carbocycles. The molecule has 2 nitrogen and oxygen atoms in total. The van der Waals surface area contributed by atoms with E-state index in [1.165, 1.54) is 66.0 Å². The van der Waals surface area contributed by atoms with Crippen LogP contribution in [-0.2, 0) is 5.41 Å². The molecule has 0 unspecified atom stereocenters. The molecule has 0 aliphatic heterocycles. The Morgan fingerprint density at radius 3 is 1.98 bits per heavy atom. The van der Waals surface area contributed by atoms with Gasteiger partial charge in [-0.2, -0.15) is 0 Å². The quantitative estimate of drug-likeness (QED) is 0.177. The first kappa shape index (κ1) is 31.8. The van der Waals surface area contributed by atoms with Gasteiger partial charge >= 0.3 is 0 Å². The van der Waals surface area contributed by atoms with Gasteiger partial charge in [-0.05, 0) is 110 Å². The molecule has 0 atom stereocenters. The maximum Gasteiger partial charge on any atom is 0.143 e. The molecule has 0 spiro atoms. The van der Waals surface area contributed by atoms with Crippen LogP contribution in [0.4, 0.5) is 17.1 Å². The highest BCUT2D eigenvalue weighted by Gasteiger charge is 2.39. The lowest BCUT2D eigenvalue weighted by Crippen LogP contribution is -2.17. The average molecular weight is 706 g/mol. The third-order valence-corrected chi connectivity index (χ3v) is 12.1. The Bertz CT molecular complexity index is 3040. The fraction of sp³-hybridized carbons (Fsp3) is 0.0943. The first-order chi connectivity index (χ1) is 27.0. The molecule has 0 N–H and O–H groups in total. The molecular formula is C53H39NO. The molecule has 11 rings (SSSR count). The summed E-state index contributed by atoms with van der Waals surface area (Å²) in [5, 5.41) is 7.27. The Morgan fingerprint density at radius 2 is 1.20 bits per heavy atom. The fourth-order valence-electron chi connectivity index (χ4n) is 9.49. The van der Waals surface area contributed by atoms with Crippen LogP contribution in [0.2, 0.25) is 0 Å². The largest absolute Gasteiger partial charge is 0.455 e. The molecule has 0 radical (unpaired) electrons. The van der Waals surface area contributed by atoms with Gasteiger partial charge in [0.05, 0.1) is 5.69 Å². The van der Waals surface area contributed by atoms with E-state index in [1.807, 2.05) is 0 Å². The molecule has 9 aromatic rings. The second kappa shape index (κ2) is 12.2. The van der Waals surface area contributed by atoms with Crippen LogP contribution in [0.5, 0.6) is 0 Å². The molecule has 0 fully saturated rings. The van der Waals surface area contributed by atoms with Crippen LogP contribution in [0, 0.1) is 0 Å². The Kier molecular flexibility index (Phi) is 7.06. The molecule has 8 aromatic carbocycles. The van der Waals surface area contributed by atoms with Crippen LogP contribution < -0.4 is 4.90 Å². The summed E-state index contributed by atoms with van der Waals surface area (Å²) in [6.45, 7) is 4.77. The predicted octanol–water partition coefficient (Wildman–Crippen LogP) is 15.1. The summed E-state index contributed by atoms with van der Waals surface area (Å²) < 4.78 is 6.64. The van der Waals surface area contributed by atoms with E-state index >= 15 is 0 Å². The molecule has 0 amide bonds. The zero-order valence-corrected chi connectivity index (χ0v) is 31.0. The van der Waals surface area contributed by atoms with Crippen molar-refractivity contribution in [3.63, 3.8) is 0 Å². The van der Waals surface area contributed by atoms with Gasteiger partial charge in [0.1, 0.15) is 11.2 Å². The van der Waals surface area contributed by atoms with Gasteiger partial charge in [0.25, 0.3) is 0 Å². The first-order valence-corrected chi connectivity index (χ1v) is 19.4. The Labute approximate surface area is 321 Å². The minimum absolute atomic E-state index is 0.0562. The molecule has 2 heteroatoms. The lowest BCUT2D eigenvalue weighted by atomic mass is 9.80. The number of rotatable bonds is 5. The van der Waals surface area contributed by atoms with Crippen LogP contribution in [-0.4, -0.2) is 0 Å². The van der Waals surface area contributed by atoms with Crippen LogP contribution in [0.15, 0.2) is 186 Å². The van der Waals surface area contributed by atoms with Crippen molar-refractivity contribution in [3.05, 3.63) is 193 Å². The number of hydrogen-bond acceptors (Lipinski definition) is 2. The Morgan fingerprint density at radius 1 is 0.564 bits per heavy atom. The van der Waals surface area contributed by atoms with Gasteiger partial charge in [0.15, 0.2) is 0 Å². The van der Waals surface area contributed by atoms with E-state index in [2.05, 4.69) is 195 Å². The van der Waals surface area contributed by atoms with Crippen LogP contribution >= 0.6 is 0 Å². The number of para-hydroxylation sites is 1. The van der Waals surface area contributed by atoms with E-state index in [9.17, 15) is 0 Å². The molecule has 262 valence electrons. The average Bonchev–Trinajstić information content (AvgIpc) is 3.74. The summed E-state index contributed by atoms with van der Waals surface area (Å²) in [5.74, 6) is 0. The predicted molar refractivity (Wildman–Crippen MR) is 233 cm³/mol. The molecule has 1 heterocycles. The monoisotopic (exact) mass is 705 g/mol. The molecule has 0 bridgehead atoms. The smallest absolute Gasteiger partial charge is 0.143 e. The van der Waals surface area contributed by atoms with E-state index in [0.717, 1.165) is 51.9 Å². The normalized spacial score (nSPS) is 14.6. The van der Waals surface area contributed by atoms with Crippen molar-refractivity contribution < 1.29 is 4.42 Å². The van der Waals surface area contributed by atoms with E-state index < -0.39 is 0 Å². The van der Waals surface area contributed by atoms with Crippen LogP contribution in [0.3, 0.4) is 0 Å². The van der Waals surface area contributed by atoms with Crippen molar-refractivity contribution in [2.75, 3.05) is 4.90 Å². The van der Waals surface area contributed by atoms with Gasteiger partial charge in [-0.15, -0.1) is 0 Å². The highest BCUT2D eigenvalue weighted by Crippen LogP contribution is 2.54. The molecule has 0 saturated heterocycles. The van der Waals surface area contributed by atoms with Gasteiger partial charge in [0, 0.05) is 38.7 Å². The summed E-state index contributed by atoms with van der Waals surface area (Å²) in [6.07, 6.45) is 6.85. The van der Waals surface area contributed by atoms with Crippen molar-refractivity contribution >= 4 is 66.1 Å². The number of nitrogens with zero attached hydrogens (tertiary/aromatic N) is 1. The minimum Gasteiger partial charge on any atom is -0.455 e. The number of anilines is 3. The van der Waals surface area contributed by atoms with E-state index in [4.69, 9.17) is 4.42 Å². The van der Waals surface area contributed by atoms with Crippen molar-refractivity contribution in [3.8, 4) is 22.3 Å². The lowest BCUT2D eigenvalue weighted by molar-refractivity contribution is 0.651. The summed E-state index contributed by atoms with van der Waals surface area (Å²) in [7, 11) is 0. The third-order valence-electron chi connectivity index (χ3n) is 12.1. The summed E-state index contributed by atoms with van der Waals surface area (Å²) in [6, 6.07) is 59.7. The molecular weight excluding hydrogens is 667 g/mol. The number of fused-ring (bicyclic) bond motifs is 8. The van der Waals surface area contributed by atoms with Crippen molar-refractivity contribution in [1.82, 2.24) is 0 Å². The molecule has 2 aliphatic rings. The second-order valence-electron chi connectivity index (χ2n) is 15.6. The number of hydrogen-bond donors (Lipinski definition) is 0. The number of allylic oxidation sites excluding steroid dienone is 4. The summed E-state index contributed by atoms with van der Waals surface area (Å²) in [5.41, 5.74) is 15.7. The lowest BCUT2D eigenvalue weighted by Gasteiger charge is -2.29. The fourth-order valence-corrected chi connectivity index (χ4v) is 9.49. The SMILES string of the molecule is CC1(C)C2=C(CCC=C2)c2c(N(c3ccc(-c4cccc5ccccc45)cc3)c3ccc(-c4cc5ccccc5c5c4oc4ccccc45)cc3)cccc21. The minimum atomic E-state index is -0.0562. The molecule has 1 aromatic heterocycles. The Balaban J connectivity index is 1.09. The van der Waals surface area contributed by atoms with Gasteiger partial charge < -0.3 is 9.32 Å². The van der Waals surface area contributed by atoms with Crippen LogP contribution in [0.25, 0.3) is 71.3 Å². The standard InChI is InChI=1S/C53H39NO/c1-53(2)46-21-9-7-18-43(46)51-47(53)22-12-23-48(51)54(38-29-25-35(26-30-38)41-20-11-15-34-13-3-5-16-40(34)41)39-31-27-36(28-32-39)45-33-37-14-4-6-17-42(37)50-44-19-8-10-24-49(44)55-52(45)50/h3-6,8-17,19-33H,7,18H2,1-2H3. The highest BCUT2D eigenvalue weighted by atomic mass is 16.3. The maximum absolute atomic E-state index is 6.64. The third kappa shape index (κ3) is 4.88. The zero-order valence-electron chi connectivity index (χ0n) is 31.0. The maximum atomic E-state index is 6.64. The number of benzene rings is 8. The molecule has 55 heavy (non-hydrogen) atoms. The van der Waals surface area contributed by atoms with E-state index in [1.54, 1.807) is 0 Å². The van der Waals surface area contributed by atoms with Crippen molar-refractivity contribution in [1.29, 1.82) is 0 Å². The summed E-state index contributed by atoms with van der Waals surface area (Å²) in [4.78, 5) is 2.47. The zero-order chi connectivity index (χ0) is 36.7. The number of furan rings is 1. The summed E-state index contributed by atoms with van der Waals surface area (Å²) >= 11 is 0. The van der Waals surface area contributed by atoms with Gasteiger partial charge in [-0.1, -0.05) is 147 Å². The van der Waals surface area contributed by atoms with Crippen molar-refractivity contribution in [2.24, 2.45) is 0 Å². The van der Waals surface area contributed by atoms with Gasteiger partial charge in [-0.25, -0.2) is 0 Å². The van der Waals surface area contributed by atoms with Gasteiger partial charge in [0.2, 0.25) is 0 Å².